The third-order valence-electron chi connectivity index (χ3n) is 3.67. The summed E-state index contributed by atoms with van der Waals surface area (Å²) in [6, 6.07) is 6.71. The fourth-order valence-corrected chi connectivity index (χ4v) is 3.06. The van der Waals surface area contributed by atoms with Gasteiger partial charge in [0.05, 0.1) is 5.69 Å². The van der Waals surface area contributed by atoms with Gasteiger partial charge in [-0.3, -0.25) is 4.90 Å². The number of aromatic nitrogens is 2. The molecule has 0 amide bonds. The maximum absolute atomic E-state index is 13.7. The zero-order chi connectivity index (χ0) is 15.7. The molecule has 0 atom stereocenters. The van der Waals surface area contributed by atoms with Crippen molar-refractivity contribution in [3.05, 3.63) is 53.1 Å². The molecule has 0 N–H and O–H groups in total. The third kappa shape index (κ3) is 3.15. The van der Waals surface area contributed by atoms with Crippen LogP contribution in [0.5, 0.6) is 0 Å². The average molecular weight is 321 g/mol. The molecule has 0 spiro atoms. The Hall–Kier alpha value is -1.86. The molecule has 0 saturated heterocycles. The molecule has 0 aliphatic carbocycles. The Bertz CT molecular complexity index is 808. The van der Waals surface area contributed by atoms with E-state index in [4.69, 9.17) is 0 Å². The summed E-state index contributed by atoms with van der Waals surface area (Å²) in [5.74, 6) is -0.211. The van der Waals surface area contributed by atoms with E-state index in [1.54, 1.807) is 18.3 Å². The second-order valence-corrected chi connectivity index (χ2v) is 7.36. The summed E-state index contributed by atoms with van der Waals surface area (Å²) in [6.07, 6.45) is 3.29. The van der Waals surface area contributed by atoms with Crippen molar-refractivity contribution in [2.75, 3.05) is 12.8 Å². The molecule has 7 heteroatoms. The molecule has 0 unspecified atom stereocenters. The van der Waals surface area contributed by atoms with E-state index in [0.29, 0.717) is 31.6 Å². The highest BCUT2D eigenvalue weighted by Crippen LogP contribution is 2.20. The smallest absolute Gasteiger partial charge is 0.246 e. The third-order valence-corrected chi connectivity index (χ3v) is 4.53. The van der Waals surface area contributed by atoms with Gasteiger partial charge in [0.15, 0.2) is 0 Å². The molecule has 5 nitrogen and oxygen atoms in total. The fourth-order valence-electron chi connectivity index (χ4n) is 2.54. The topological polar surface area (TPSA) is 63.2 Å². The maximum Gasteiger partial charge on any atom is 0.246 e. The summed E-state index contributed by atoms with van der Waals surface area (Å²) < 4.78 is 36.7. The van der Waals surface area contributed by atoms with Crippen molar-refractivity contribution in [3.63, 3.8) is 0 Å². The summed E-state index contributed by atoms with van der Waals surface area (Å²) in [6.45, 7) is 1.81. The van der Waals surface area contributed by atoms with E-state index in [9.17, 15) is 12.8 Å². The number of halogens is 1. The molecule has 116 valence electrons. The zero-order valence-corrected chi connectivity index (χ0v) is 13.0. The van der Waals surface area contributed by atoms with Gasteiger partial charge < -0.3 is 0 Å². The van der Waals surface area contributed by atoms with E-state index in [0.717, 1.165) is 17.5 Å². The highest BCUT2D eigenvalue weighted by atomic mass is 32.2. The number of rotatable bonds is 3. The van der Waals surface area contributed by atoms with E-state index in [1.165, 1.54) is 6.07 Å². The Morgan fingerprint density at radius 2 is 2.09 bits per heavy atom. The van der Waals surface area contributed by atoms with Crippen molar-refractivity contribution in [3.8, 4) is 0 Å². The second kappa shape index (κ2) is 5.73. The monoisotopic (exact) mass is 321 g/mol. The Labute approximate surface area is 128 Å². The predicted octanol–water partition coefficient (Wildman–Crippen LogP) is 1.58. The SMILES string of the molecule is CS(=O)(=O)c1ncc2c(n1)CCN(Cc1ccccc1F)C2. The van der Waals surface area contributed by atoms with E-state index in [2.05, 4.69) is 14.9 Å². The minimum absolute atomic E-state index is 0.131. The van der Waals surface area contributed by atoms with Crippen LogP contribution in [-0.2, 0) is 29.3 Å². The molecular formula is C15H16FN3O2S. The van der Waals surface area contributed by atoms with Crippen LogP contribution in [0.3, 0.4) is 0 Å². The quantitative estimate of drug-likeness (QED) is 0.803. The van der Waals surface area contributed by atoms with Gasteiger partial charge in [0.25, 0.3) is 0 Å². The van der Waals surface area contributed by atoms with Crippen LogP contribution >= 0.6 is 0 Å². The summed E-state index contributed by atoms with van der Waals surface area (Å²) in [5, 5.41) is -0.131. The molecule has 0 saturated carbocycles. The number of benzene rings is 1. The molecule has 3 rings (SSSR count). The highest BCUT2D eigenvalue weighted by molar-refractivity contribution is 7.90. The molecule has 2 aromatic rings. The van der Waals surface area contributed by atoms with E-state index in [-0.39, 0.29) is 11.0 Å². The molecule has 0 radical (unpaired) electrons. The van der Waals surface area contributed by atoms with Gasteiger partial charge >= 0.3 is 0 Å². The largest absolute Gasteiger partial charge is 0.294 e. The van der Waals surface area contributed by atoms with Gasteiger partial charge in [-0.05, 0) is 6.07 Å². The molecule has 2 heterocycles. The number of fused-ring (bicyclic) bond motifs is 1. The van der Waals surface area contributed by atoms with Crippen LogP contribution in [0.2, 0.25) is 0 Å². The van der Waals surface area contributed by atoms with Crippen LogP contribution in [0, 0.1) is 5.82 Å². The molecule has 1 aliphatic heterocycles. The summed E-state index contributed by atoms with van der Waals surface area (Å²) in [4.78, 5) is 10.2. The lowest BCUT2D eigenvalue weighted by Crippen LogP contribution is -2.31. The first-order valence-electron chi connectivity index (χ1n) is 6.94. The van der Waals surface area contributed by atoms with Gasteiger partial charge in [-0.25, -0.2) is 22.8 Å². The molecular weight excluding hydrogens is 305 g/mol. The van der Waals surface area contributed by atoms with Crippen LogP contribution in [0.1, 0.15) is 16.8 Å². The Balaban J connectivity index is 1.79. The summed E-state index contributed by atoms with van der Waals surface area (Å²) in [5.41, 5.74) is 2.31. The number of sulfone groups is 1. The number of hydrogen-bond donors (Lipinski definition) is 0. The molecule has 0 bridgehead atoms. The zero-order valence-electron chi connectivity index (χ0n) is 12.2. The van der Waals surface area contributed by atoms with Crippen LogP contribution in [-0.4, -0.2) is 36.1 Å². The first-order chi connectivity index (χ1) is 10.4. The minimum Gasteiger partial charge on any atom is -0.294 e. The molecule has 0 fully saturated rings. The van der Waals surface area contributed by atoms with Gasteiger partial charge in [0.2, 0.25) is 15.0 Å². The van der Waals surface area contributed by atoms with E-state index < -0.39 is 9.84 Å². The molecule has 1 aliphatic rings. The molecule has 1 aromatic carbocycles. The van der Waals surface area contributed by atoms with Crippen molar-refractivity contribution in [2.24, 2.45) is 0 Å². The first kappa shape index (κ1) is 15.1. The van der Waals surface area contributed by atoms with E-state index in [1.807, 2.05) is 6.07 Å². The molecule has 22 heavy (non-hydrogen) atoms. The van der Waals surface area contributed by atoms with Gasteiger partial charge in [0, 0.05) is 49.6 Å². The normalized spacial score (nSPS) is 15.5. The maximum atomic E-state index is 13.7. The minimum atomic E-state index is -3.39. The highest BCUT2D eigenvalue weighted by Gasteiger charge is 2.21. The van der Waals surface area contributed by atoms with Gasteiger partial charge in [-0.1, -0.05) is 18.2 Å². The van der Waals surface area contributed by atoms with Crippen molar-refractivity contribution < 1.29 is 12.8 Å². The number of hydrogen-bond acceptors (Lipinski definition) is 5. The lowest BCUT2D eigenvalue weighted by molar-refractivity contribution is 0.239. The Morgan fingerprint density at radius 3 is 2.82 bits per heavy atom. The lowest BCUT2D eigenvalue weighted by atomic mass is 10.1. The number of nitrogens with zero attached hydrogens (tertiary/aromatic N) is 3. The standard InChI is InChI=1S/C15H16FN3O2S/c1-22(20,21)15-17-8-12-10-19(7-6-14(12)18-15)9-11-4-2-3-5-13(11)16/h2-5,8H,6-7,9-10H2,1H3. The fraction of sp³-hybridized carbons (Fsp3) is 0.333. The van der Waals surface area contributed by atoms with Gasteiger partial charge in [-0.15, -0.1) is 0 Å². The second-order valence-electron chi connectivity index (χ2n) is 5.45. The van der Waals surface area contributed by atoms with Crippen LogP contribution < -0.4 is 0 Å². The summed E-state index contributed by atoms with van der Waals surface area (Å²) in [7, 11) is -3.39. The Kier molecular flexibility index (Phi) is 3.92. The van der Waals surface area contributed by atoms with Crippen molar-refractivity contribution in [1.29, 1.82) is 0 Å². The van der Waals surface area contributed by atoms with Gasteiger partial charge in [-0.2, -0.15) is 0 Å². The molecule has 1 aromatic heterocycles. The lowest BCUT2D eigenvalue weighted by Gasteiger charge is -2.28. The van der Waals surface area contributed by atoms with Crippen LogP contribution in [0.25, 0.3) is 0 Å². The van der Waals surface area contributed by atoms with Crippen LogP contribution in [0.15, 0.2) is 35.6 Å². The van der Waals surface area contributed by atoms with Crippen molar-refractivity contribution in [1.82, 2.24) is 14.9 Å². The summed E-state index contributed by atoms with van der Waals surface area (Å²) >= 11 is 0. The first-order valence-corrected chi connectivity index (χ1v) is 8.83. The predicted molar refractivity (Wildman–Crippen MR) is 79.4 cm³/mol. The van der Waals surface area contributed by atoms with Crippen molar-refractivity contribution >= 4 is 9.84 Å². The average Bonchev–Trinajstić information content (AvgIpc) is 2.48. The van der Waals surface area contributed by atoms with Gasteiger partial charge in [0.1, 0.15) is 5.82 Å². The van der Waals surface area contributed by atoms with Crippen LogP contribution in [0.4, 0.5) is 4.39 Å². The van der Waals surface area contributed by atoms with E-state index >= 15 is 0 Å². The van der Waals surface area contributed by atoms with Crippen molar-refractivity contribution in [2.45, 2.75) is 24.7 Å². The Morgan fingerprint density at radius 1 is 1.32 bits per heavy atom.